The molecular weight excluding hydrogens is 1320 g/mol. The van der Waals surface area contributed by atoms with E-state index in [1.807, 2.05) is 12.1 Å². The summed E-state index contributed by atoms with van der Waals surface area (Å²) in [6.07, 6.45) is -41.3. The van der Waals surface area contributed by atoms with Crippen molar-refractivity contribution in [2.45, 2.75) is 68.8 Å². The number of hydrogen-bond donors (Lipinski definition) is 0. The first kappa shape index (κ1) is 63.7. The summed E-state index contributed by atoms with van der Waals surface area (Å²) in [5, 5.41) is 19.8. The summed E-state index contributed by atoms with van der Waals surface area (Å²) >= 11 is 0. The van der Waals surface area contributed by atoms with E-state index in [0.717, 1.165) is 31.6 Å². The van der Waals surface area contributed by atoms with Gasteiger partial charge in [-0.15, -0.1) is 0 Å². The molecule has 30 heteroatoms. The Morgan fingerprint density at radius 1 is 0.379 bits per heavy atom. The fourth-order valence-corrected chi connectivity index (χ4v) is 13.3. The standard InChI is InChI=1S/C65H30F24N6/c1-27-16-35(65(87,88)89)24-43-42-23-34(64(84,85)86)8-15-52(42)95(53(27)43)57-55(93-48-11-4-30(60(72,73)74)19-38(48)39-20-31(61(75,76)77)5-12-49(39)93)44(25-90)54(92-46-9-2-28(58(66,67)68)17-36(46)37-18-29(59(69,70)71)3-10-47(37)92)45(26-91)56(57)94-50-13-6-32(62(78,79)80)21-40(50)41-22-33(63(81,82)83)7-14-51(41)94/h2-15,17-24,27,42,52H,16H2,1H3. The molecule has 10 aromatic rings. The summed E-state index contributed by atoms with van der Waals surface area (Å²) in [4.78, 5) is 0.972. The van der Waals surface area contributed by atoms with Crippen LogP contribution in [0.25, 0.3) is 82.5 Å². The van der Waals surface area contributed by atoms with E-state index in [1.54, 1.807) is 0 Å². The molecule has 1 aliphatic heterocycles. The first-order chi connectivity index (χ1) is 44.0. The largest absolute Gasteiger partial charge is 0.416 e. The monoisotopic (exact) mass is 1350 g/mol. The Bertz CT molecular complexity index is 4820. The van der Waals surface area contributed by atoms with Gasteiger partial charge in [0.2, 0.25) is 0 Å². The minimum Gasteiger partial charge on any atom is -0.333 e. The van der Waals surface area contributed by atoms with Crippen LogP contribution in [0.4, 0.5) is 111 Å². The Morgan fingerprint density at radius 2 is 0.674 bits per heavy atom. The number of hydrogen-bond acceptors (Lipinski definition) is 3. The first-order valence-electron chi connectivity index (χ1n) is 27.5. The van der Waals surface area contributed by atoms with E-state index in [4.69, 9.17) is 0 Å². The number of anilines is 1. The Hall–Kier alpha value is -10.0. The Labute approximate surface area is 514 Å². The van der Waals surface area contributed by atoms with E-state index in [1.165, 1.54) is 0 Å². The third-order valence-corrected chi connectivity index (χ3v) is 17.2. The van der Waals surface area contributed by atoms with Gasteiger partial charge in [-0.2, -0.15) is 116 Å². The molecule has 4 heterocycles. The van der Waals surface area contributed by atoms with E-state index in [2.05, 4.69) is 0 Å². The van der Waals surface area contributed by atoms with Gasteiger partial charge < -0.3 is 18.6 Å². The van der Waals surface area contributed by atoms with Crippen molar-refractivity contribution in [1.82, 2.24) is 13.7 Å². The van der Waals surface area contributed by atoms with Crippen molar-refractivity contribution >= 4 is 71.1 Å². The molecule has 0 saturated heterocycles. The van der Waals surface area contributed by atoms with Gasteiger partial charge in [0, 0.05) is 55.4 Å². The van der Waals surface area contributed by atoms with Crippen molar-refractivity contribution in [2.24, 2.45) is 11.8 Å². The highest BCUT2D eigenvalue weighted by molar-refractivity contribution is 6.15. The van der Waals surface area contributed by atoms with Crippen molar-refractivity contribution < 1.29 is 105 Å². The van der Waals surface area contributed by atoms with Crippen LogP contribution >= 0.6 is 0 Å². The van der Waals surface area contributed by atoms with E-state index in [9.17, 15) is 89.6 Å². The summed E-state index contributed by atoms with van der Waals surface area (Å²) < 4.78 is 361. The lowest BCUT2D eigenvalue weighted by Crippen LogP contribution is -2.37. The summed E-state index contributed by atoms with van der Waals surface area (Å²) in [5.41, 5.74) is -23.1. The van der Waals surface area contributed by atoms with Crippen molar-refractivity contribution in [1.29, 1.82) is 10.5 Å². The molecule has 488 valence electrons. The number of rotatable bonds is 4. The SMILES string of the molecule is CC1CC(C(F)(F)F)=CC2=C1N(c1c(-n3c4ccc(C(F)(F)F)cc4c4cc(C(F)(F)F)ccc43)c(C#N)c(-n3c4ccc(C(F)(F)F)cc4c4cc(C(F)(F)F)ccc43)c(C#N)c1-n1c3ccc(C(F)(F)F)cc3c3cc(C(F)(F)F)ccc31)C1C=CC(C(F)(F)F)=CC21. The molecule has 0 radical (unpaired) electrons. The van der Waals surface area contributed by atoms with E-state index in [0.29, 0.717) is 127 Å². The van der Waals surface area contributed by atoms with E-state index < -0.39 is 229 Å². The van der Waals surface area contributed by atoms with Crippen LogP contribution in [0.5, 0.6) is 0 Å². The van der Waals surface area contributed by atoms with Crippen LogP contribution in [-0.2, 0) is 37.1 Å². The number of aromatic nitrogens is 3. The lowest BCUT2D eigenvalue weighted by Gasteiger charge is -2.38. The third-order valence-electron chi connectivity index (χ3n) is 17.2. The molecule has 95 heavy (non-hydrogen) atoms. The fraction of sp³-hybridized carbons (Fsp3) is 0.200. The lowest BCUT2D eigenvalue weighted by molar-refractivity contribution is -0.138. The quantitative estimate of drug-likeness (QED) is 0.165. The summed E-state index contributed by atoms with van der Waals surface area (Å²) in [6.45, 7) is 1.12. The molecular formula is C65H30F24N6. The van der Waals surface area contributed by atoms with Crippen LogP contribution in [0.1, 0.15) is 57.9 Å². The van der Waals surface area contributed by atoms with E-state index in [-0.39, 0.29) is 0 Å². The maximum absolute atomic E-state index is 15.2. The van der Waals surface area contributed by atoms with Crippen molar-refractivity contribution in [3.05, 3.63) is 200 Å². The number of nitriles is 2. The fourth-order valence-electron chi connectivity index (χ4n) is 13.3. The highest BCUT2D eigenvalue weighted by atomic mass is 19.4. The second kappa shape index (κ2) is 20.5. The molecule has 0 bridgehead atoms. The number of benzene rings is 7. The van der Waals surface area contributed by atoms with Crippen LogP contribution < -0.4 is 4.90 Å². The molecule has 13 rings (SSSR count). The zero-order chi connectivity index (χ0) is 68.9. The second-order valence-corrected chi connectivity index (χ2v) is 22.7. The highest BCUT2D eigenvalue weighted by Crippen LogP contribution is 2.58. The molecule has 0 N–H and O–H groups in total. The van der Waals surface area contributed by atoms with Crippen LogP contribution in [0.15, 0.2) is 156 Å². The van der Waals surface area contributed by atoms with E-state index >= 15 is 26.3 Å². The number of alkyl halides is 24. The van der Waals surface area contributed by atoms with Gasteiger partial charge in [0.05, 0.1) is 101 Å². The Kier molecular flexibility index (Phi) is 13.8. The van der Waals surface area contributed by atoms with Gasteiger partial charge in [0.15, 0.2) is 0 Å². The van der Waals surface area contributed by atoms with Crippen molar-refractivity contribution in [3.8, 4) is 29.2 Å². The smallest absolute Gasteiger partial charge is 0.333 e. The van der Waals surface area contributed by atoms with Gasteiger partial charge in [-0.3, -0.25) is 0 Å². The maximum atomic E-state index is 15.2. The zero-order valence-electron chi connectivity index (χ0n) is 46.9. The van der Waals surface area contributed by atoms with Gasteiger partial charge in [-0.05, 0) is 127 Å². The minimum atomic E-state index is -5.32. The molecule has 3 aromatic heterocycles. The number of nitrogens with zero attached hydrogens (tertiary/aromatic N) is 6. The molecule has 3 aliphatic rings. The Morgan fingerprint density at radius 3 is 0.937 bits per heavy atom. The van der Waals surface area contributed by atoms with Crippen LogP contribution in [0.2, 0.25) is 0 Å². The van der Waals surface area contributed by atoms with Crippen LogP contribution in [0.3, 0.4) is 0 Å². The van der Waals surface area contributed by atoms with Gasteiger partial charge in [0.25, 0.3) is 0 Å². The average Bonchev–Trinajstić information content (AvgIpc) is 1.66. The first-order valence-corrected chi connectivity index (χ1v) is 27.5. The summed E-state index contributed by atoms with van der Waals surface area (Å²) in [6, 6.07) is 10.2. The molecule has 2 aliphatic carbocycles. The normalized spacial score (nSPS) is 17.8. The number of fused-ring (bicyclic) bond motifs is 11. The summed E-state index contributed by atoms with van der Waals surface area (Å²) in [7, 11) is 0. The van der Waals surface area contributed by atoms with Crippen molar-refractivity contribution in [3.63, 3.8) is 0 Å². The van der Waals surface area contributed by atoms with Crippen molar-refractivity contribution in [2.75, 3.05) is 4.90 Å². The average molecular weight is 1350 g/mol. The van der Waals surface area contributed by atoms with Gasteiger partial charge in [-0.1, -0.05) is 25.2 Å². The predicted molar refractivity (Wildman–Crippen MR) is 297 cm³/mol. The van der Waals surface area contributed by atoms with Gasteiger partial charge >= 0.3 is 49.4 Å². The number of allylic oxidation sites excluding steroid dienone is 5. The second-order valence-electron chi connectivity index (χ2n) is 22.7. The minimum absolute atomic E-state index is 0.352. The Balaban J connectivity index is 1.36. The molecule has 0 saturated carbocycles. The summed E-state index contributed by atoms with van der Waals surface area (Å²) in [5.74, 6) is -3.58. The molecule has 3 atom stereocenters. The molecule has 0 spiro atoms. The highest BCUT2D eigenvalue weighted by Gasteiger charge is 2.51. The topological polar surface area (TPSA) is 65.6 Å². The number of halogens is 24. The zero-order valence-corrected chi connectivity index (χ0v) is 46.9. The molecule has 3 unspecified atom stereocenters. The third kappa shape index (κ3) is 10.1. The van der Waals surface area contributed by atoms with Crippen LogP contribution in [-0.4, -0.2) is 32.1 Å². The maximum Gasteiger partial charge on any atom is 0.416 e. The van der Waals surface area contributed by atoms with Gasteiger partial charge in [0.1, 0.15) is 23.3 Å². The van der Waals surface area contributed by atoms with Gasteiger partial charge in [-0.25, -0.2) is 0 Å². The molecule has 0 fully saturated rings. The lowest BCUT2D eigenvalue weighted by atomic mass is 9.82. The predicted octanol–water partition coefficient (Wildman–Crippen LogP) is 21.5. The van der Waals surface area contributed by atoms with Crippen LogP contribution in [0, 0.1) is 34.5 Å². The molecule has 7 aromatic carbocycles. The molecule has 6 nitrogen and oxygen atoms in total. The molecule has 0 amide bonds.